The molecule has 0 bridgehead atoms. The van der Waals surface area contributed by atoms with Crippen LogP contribution in [0.5, 0.6) is 0 Å². The summed E-state index contributed by atoms with van der Waals surface area (Å²) in [5.74, 6) is 0. The summed E-state index contributed by atoms with van der Waals surface area (Å²) in [6.07, 6.45) is 2.96. The van der Waals surface area contributed by atoms with E-state index in [2.05, 4.69) is 36.3 Å². The molecule has 0 aliphatic rings. The van der Waals surface area contributed by atoms with E-state index in [9.17, 15) is 0 Å². The Bertz CT molecular complexity index is 698. The van der Waals surface area contributed by atoms with Crippen LogP contribution in [-0.4, -0.2) is 9.78 Å². The van der Waals surface area contributed by atoms with Gasteiger partial charge in [-0.05, 0) is 24.1 Å². The zero-order chi connectivity index (χ0) is 13.9. The predicted octanol–water partition coefficient (Wildman–Crippen LogP) is 3.80. The van der Waals surface area contributed by atoms with E-state index >= 15 is 0 Å². The molecule has 2 aromatic heterocycles. The molecule has 20 heavy (non-hydrogen) atoms. The lowest BCUT2D eigenvalue weighted by atomic mass is 10.2. The lowest BCUT2D eigenvalue weighted by Gasteiger charge is -2.00. The maximum atomic E-state index is 6.10. The van der Waals surface area contributed by atoms with Crippen LogP contribution in [-0.2, 0) is 13.0 Å². The number of thiophene rings is 1. The summed E-state index contributed by atoms with van der Waals surface area (Å²) < 4.78 is 1.91. The maximum Gasteiger partial charge on any atom is 0.125 e. The third kappa shape index (κ3) is 2.60. The van der Waals surface area contributed by atoms with Crippen molar-refractivity contribution in [1.82, 2.24) is 9.78 Å². The van der Waals surface area contributed by atoms with E-state index in [1.54, 1.807) is 11.3 Å². The number of aryl methyl sites for hydroxylation is 1. The molecule has 0 atom stereocenters. The van der Waals surface area contributed by atoms with Crippen LogP contribution >= 0.6 is 11.3 Å². The Labute approximate surface area is 122 Å². The van der Waals surface area contributed by atoms with Crippen LogP contribution in [0.3, 0.4) is 0 Å². The van der Waals surface area contributed by atoms with Crippen molar-refractivity contribution in [2.75, 3.05) is 5.73 Å². The average molecular weight is 283 g/mol. The molecule has 0 saturated carbocycles. The molecule has 0 unspecified atom stereocenters. The Hall–Kier alpha value is -2.07. The second-order valence-corrected chi connectivity index (χ2v) is 5.90. The summed E-state index contributed by atoms with van der Waals surface area (Å²) in [6, 6.07) is 14.5. The average Bonchev–Trinajstić information content (AvgIpc) is 3.06. The summed E-state index contributed by atoms with van der Waals surface area (Å²) in [4.78, 5) is 2.50. The van der Waals surface area contributed by atoms with E-state index < -0.39 is 0 Å². The number of rotatable bonds is 4. The van der Waals surface area contributed by atoms with E-state index in [-0.39, 0.29) is 0 Å². The van der Waals surface area contributed by atoms with Gasteiger partial charge in [0.1, 0.15) is 5.69 Å². The Morgan fingerprint density at radius 2 is 1.95 bits per heavy atom. The summed E-state index contributed by atoms with van der Waals surface area (Å²) in [6.45, 7) is 2.91. The van der Waals surface area contributed by atoms with Gasteiger partial charge < -0.3 is 5.73 Å². The molecule has 2 N–H and O–H groups in total. The molecule has 0 aliphatic heterocycles. The highest BCUT2D eigenvalue weighted by Crippen LogP contribution is 2.31. The second-order valence-electron chi connectivity index (χ2n) is 4.74. The standard InChI is InChI=1S/C16H17N3S/c1-2-13-8-9-15(20-13)16-14(17)11-19(18-16)10-12-6-4-3-5-7-12/h3-9,11H,2,10,17H2,1H3. The maximum absolute atomic E-state index is 6.10. The molecule has 4 heteroatoms. The first kappa shape index (κ1) is 12.9. The molecule has 0 radical (unpaired) electrons. The predicted molar refractivity (Wildman–Crippen MR) is 84.9 cm³/mol. The first-order chi connectivity index (χ1) is 9.76. The normalized spacial score (nSPS) is 10.8. The lowest BCUT2D eigenvalue weighted by Crippen LogP contribution is -1.99. The van der Waals surface area contributed by atoms with E-state index in [1.807, 2.05) is 29.1 Å². The molecule has 3 aromatic rings. The number of aromatic nitrogens is 2. The van der Waals surface area contributed by atoms with Gasteiger partial charge in [0, 0.05) is 11.1 Å². The molecule has 0 fully saturated rings. The first-order valence-electron chi connectivity index (χ1n) is 6.72. The summed E-state index contributed by atoms with van der Waals surface area (Å²) >= 11 is 1.76. The number of nitrogens with zero attached hydrogens (tertiary/aromatic N) is 2. The molecule has 0 saturated heterocycles. The molecular formula is C16H17N3S. The monoisotopic (exact) mass is 283 g/mol. The van der Waals surface area contributed by atoms with E-state index in [0.717, 1.165) is 29.2 Å². The highest BCUT2D eigenvalue weighted by atomic mass is 32.1. The van der Waals surface area contributed by atoms with Crippen molar-refractivity contribution in [2.45, 2.75) is 19.9 Å². The summed E-state index contributed by atoms with van der Waals surface area (Å²) in [5, 5.41) is 4.63. The smallest absolute Gasteiger partial charge is 0.125 e. The minimum absolute atomic E-state index is 0.741. The lowest BCUT2D eigenvalue weighted by molar-refractivity contribution is 0.690. The molecule has 3 nitrogen and oxygen atoms in total. The van der Waals surface area contributed by atoms with Gasteiger partial charge in [-0.15, -0.1) is 11.3 Å². The number of nitrogens with two attached hydrogens (primary N) is 1. The molecule has 3 rings (SSSR count). The number of nitrogen functional groups attached to an aromatic ring is 1. The zero-order valence-electron chi connectivity index (χ0n) is 11.4. The summed E-state index contributed by atoms with van der Waals surface area (Å²) in [5.41, 5.74) is 8.96. The van der Waals surface area contributed by atoms with Crippen molar-refractivity contribution in [3.8, 4) is 10.6 Å². The molecule has 0 amide bonds. The zero-order valence-corrected chi connectivity index (χ0v) is 12.2. The van der Waals surface area contributed by atoms with Crippen molar-refractivity contribution in [3.05, 3.63) is 59.1 Å². The third-order valence-electron chi connectivity index (χ3n) is 3.22. The molecule has 1 aromatic carbocycles. The van der Waals surface area contributed by atoms with Crippen LogP contribution in [0.15, 0.2) is 48.7 Å². The first-order valence-corrected chi connectivity index (χ1v) is 7.54. The van der Waals surface area contributed by atoms with Gasteiger partial charge in [-0.3, -0.25) is 4.68 Å². The van der Waals surface area contributed by atoms with Crippen LogP contribution in [0, 0.1) is 0 Å². The van der Waals surface area contributed by atoms with Crippen molar-refractivity contribution in [1.29, 1.82) is 0 Å². The van der Waals surface area contributed by atoms with Crippen LogP contribution in [0.25, 0.3) is 10.6 Å². The van der Waals surface area contributed by atoms with Gasteiger partial charge in [0.05, 0.1) is 17.1 Å². The van der Waals surface area contributed by atoms with Gasteiger partial charge in [0.25, 0.3) is 0 Å². The van der Waals surface area contributed by atoms with Crippen molar-refractivity contribution < 1.29 is 0 Å². The Balaban J connectivity index is 1.87. The number of anilines is 1. The molecule has 0 aliphatic carbocycles. The number of benzene rings is 1. The van der Waals surface area contributed by atoms with Crippen molar-refractivity contribution in [3.63, 3.8) is 0 Å². The van der Waals surface area contributed by atoms with E-state index in [0.29, 0.717) is 0 Å². The fourth-order valence-electron chi connectivity index (χ4n) is 2.17. The minimum atomic E-state index is 0.741. The third-order valence-corrected chi connectivity index (χ3v) is 4.46. The summed E-state index contributed by atoms with van der Waals surface area (Å²) in [7, 11) is 0. The molecule has 2 heterocycles. The second kappa shape index (κ2) is 5.51. The van der Waals surface area contributed by atoms with Gasteiger partial charge in [0.2, 0.25) is 0 Å². The largest absolute Gasteiger partial charge is 0.396 e. The van der Waals surface area contributed by atoms with Crippen LogP contribution < -0.4 is 5.73 Å². The van der Waals surface area contributed by atoms with Gasteiger partial charge >= 0.3 is 0 Å². The Morgan fingerprint density at radius 1 is 1.15 bits per heavy atom. The molecule has 0 spiro atoms. The molecular weight excluding hydrogens is 266 g/mol. The van der Waals surface area contributed by atoms with Gasteiger partial charge in [0.15, 0.2) is 0 Å². The fourth-order valence-corrected chi connectivity index (χ4v) is 3.13. The number of hydrogen-bond acceptors (Lipinski definition) is 3. The molecule has 102 valence electrons. The Kier molecular flexibility index (Phi) is 3.56. The van der Waals surface area contributed by atoms with Gasteiger partial charge in [-0.2, -0.15) is 5.10 Å². The van der Waals surface area contributed by atoms with Crippen LogP contribution in [0.2, 0.25) is 0 Å². The topological polar surface area (TPSA) is 43.8 Å². The van der Waals surface area contributed by atoms with Crippen molar-refractivity contribution >= 4 is 17.0 Å². The number of hydrogen-bond donors (Lipinski definition) is 1. The Morgan fingerprint density at radius 3 is 2.65 bits per heavy atom. The SMILES string of the molecule is CCc1ccc(-c2nn(Cc3ccccc3)cc2N)s1. The van der Waals surface area contributed by atoms with E-state index in [4.69, 9.17) is 5.73 Å². The van der Waals surface area contributed by atoms with Crippen LogP contribution in [0.1, 0.15) is 17.4 Å². The van der Waals surface area contributed by atoms with Gasteiger partial charge in [-0.1, -0.05) is 37.3 Å². The highest BCUT2D eigenvalue weighted by molar-refractivity contribution is 7.15. The van der Waals surface area contributed by atoms with Crippen LogP contribution in [0.4, 0.5) is 5.69 Å². The fraction of sp³-hybridized carbons (Fsp3) is 0.188. The minimum Gasteiger partial charge on any atom is -0.396 e. The quantitative estimate of drug-likeness (QED) is 0.791. The highest BCUT2D eigenvalue weighted by Gasteiger charge is 2.11. The van der Waals surface area contributed by atoms with Crippen molar-refractivity contribution in [2.24, 2.45) is 0 Å². The van der Waals surface area contributed by atoms with Gasteiger partial charge in [-0.25, -0.2) is 0 Å². The van der Waals surface area contributed by atoms with E-state index in [1.165, 1.54) is 10.4 Å².